The minimum absolute atomic E-state index is 0.135. The van der Waals surface area contributed by atoms with E-state index in [0.717, 1.165) is 24.8 Å². The standard InChI is InChI=1S/C17H20N2O2/c1-3-19-15(14(21-2)12-18-19)16(20)17(10-7-11-17)13-8-5-4-6-9-13/h4-6,8-9,12H,3,7,10-11H2,1-2H3. The normalized spacial score (nSPS) is 16.3. The summed E-state index contributed by atoms with van der Waals surface area (Å²) in [7, 11) is 1.59. The molecule has 21 heavy (non-hydrogen) atoms. The van der Waals surface area contributed by atoms with Gasteiger partial charge in [-0.3, -0.25) is 9.48 Å². The number of methoxy groups -OCH3 is 1. The molecule has 4 heteroatoms. The fourth-order valence-corrected chi connectivity index (χ4v) is 3.15. The van der Waals surface area contributed by atoms with Crippen LogP contribution < -0.4 is 4.74 Å². The lowest BCUT2D eigenvalue weighted by molar-refractivity contribution is 0.0773. The number of hydrogen-bond donors (Lipinski definition) is 0. The predicted octanol–water partition coefficient (Wildman–Crippen LogP) is 3.22. The molecule has 0 spiro atoms. The lowest BCUT2D eigenvalue weighted by Gasteiger charge is -2.41. The molecule has 4 nitrogen and oxygen atoms in total. The molecule has 0 bridgehead atoms. The van der Waals surface area contributed by atoms with Gasteiger partial charge in [0.05, 0.1) is 18.7 Å². The number of nitrogens with zero attached hydrogens (tertiary/aromatic N) is 2. The van der Waals surface area contributed by atoms with Crippen molar-refractivity contribution in [1.82, 2.24) is 9.78 Å². The van der Waals surface area contributed by atoms with Crippen LogP contribution in [0.1, 0.15) is 42.2 Å². The molecule has 0 radical (unpaired) electrons. The summed E-state index contributed by atoms with van der Waals surface area (Å²) in [6, 6.07) is 10.1. The highest BCUT2D eigenvalue weighted by Gasteiger charge is 2.47. The molecule has 0 unspecified atom stereocenters. The van der Waals surface area contributed by atoms with E-state index in [0.29, 0.717) is 18.0 Å². The molecule has 0 aliphatic heterocycles. The second kappa shape index (κ2) is 5.35. The van der Waals surface area contributed by atoms with Crippen molar-refractivity contribution in [2.24, 2.45) is 0 Å². The summed E-state index contributed by atoms with van der Waals surface area (Å²) in [5.74, 6) is 0.709. The molecule has 0 saturated heterocycles. The summed E-state index contributed by atoms with van der Waals surface area (Å²) in [4.78, 5) is 13.2. The first-order valence-electron chi connectivity index (χ1n) is 7.43. The van der Waals surface area contributed by atoms with Crippen molar-refractivity contribution < 1.29 is 9.53 Å². The second-order valence-electron chi connectivity index (χ2n) is 5.51. The summed E-state index contributed by atoms with van der Waals surface area (Å²) in [5, 5.41) is 4.26. The summed E-state index contributed by atoms with van der Waals surface area (Å²) >= 11 is 0. The molecule has 0 amide bonds. The van der Waals surface area contributed by atoms with Crippen molar-refractivity contribution in [2.75, 3.05) is 7.11 Å². The molecule has 0 N–H and O–H groups in total. The molecule has 1 heterocycles. The van der Waals surface area contributed by atoms with Crippen LogP contribution in [0.5, 0.6) is 5.75 Å². The van der Waals surface area contributed by atoms with Crippen molar-refractivity contribution in [3.05, 3.63) is 47.8 Å². The average molecular weight is 284 g/mol. The van der Waals surface area contributed by atoms with Gasteiger partial charge in [-0.05, 0) is 25.3 Å². The molecule has 3 rings (SSSR count). The number of carbonyl (C=O) groups is 1. The number of ketones is 1. The molecule has 0 atom stereocenters. The number of carbonyl (C=O) groups excluding carboxylic acids is 1. The van der Waals surface area contributed by atoms with Crippen LogP contribution in [0.15, 0.2) is 36.5 Å². The number of benzene rings is 1. The van der Waals surface area contributed by atoms with Gasteiger partial charge in [-0.2, -0.15) is 5.10 Å². The molecule has 1 saturated carbocycles. The van der Waals surface area contributed by atoms with E-state index in [-0.39, 0.29) is 5.78 Å². The molecule has 2 aromatic rings. The largest absolute Gasteiger partial charge is 0.493 e. The van der Waals surface area contributed by atoms with Gasteiger partial charge in [0.15, 0.2) is 11.5 Å². The van der Waals surface area contributed by atoms with E-state index in [1.165, 1.54) is 0 Å². The monoisotopic (exact) mass is 284 g/mol. The fraction of sp³-hybridized carbons (Fsp3) is 0.412. The number of hydrogen-bond acceptors (Lipinski definition) is 3. The van der Waals surface area contributed by atoms with Crippen LogP contribution in [0.25, 0.3) is 0 Å². The highest BCUT2D eigenvalue weighted by molar-refractivity contribution is 6.05. The summed E-state index contributed by atoms with van der Waals surface area (Å²) < 4.78 is 7.08. The van der Waals surface area contributed by atoms with Gasteiger partial charge >= 0.3 is 0 Å². The van der Waals surface area contributed by atoms with Crippen LogP contribution in [0, 0.1) is 0 Å². The van der Waals surface area contributed by atoms with Gasteiger partial charge in [0, 0.05) is 6.54 Å². The Labute approximate surface area is 124 Å². The quantitative estimate of drug-likeness (QED) is 0.792. The van der Waals surface area contributed by atoms with Crippen LogP contribution in [-0.2, 0) is 12.0 Å². The Kier molecular flexibility index (Phi) is 3.53. The topological polar surface area (TPSA) is 44.1 Å². The van der Waals surface area contributed by atoms with Gasteiger partial charge in [0.2, 0.25) is 0 Å². The molecule has 1 fully saturated rings. The number of aromatic nitrogens is 2. The van der Waals surface area contributed by atoms with Crippen molar-refractivity contribution in [2.45, 2.75) is 38.1 Å². The van der Waals surface area contributed by atoms with Crippen LogP contribution in [0.2, 0.25) is 0 Å². The van der Waals surface area contributed by atoms with Crippen molar-refractivity contribution in [1.29, 1.82) is 0 Å². The van der Waals surface area contributed by atoms with Gasteiger partial charge in [-0.1, -0.05) is 36.8 Å². The molecule has 1 aromatic heterocycles. The van der Waals surface area contributed by atoms with Crippen LogP contribution >= 0.6 is 0 Å². The average Bonchev–Trinajstić information content (AvgIpc) is 2.90. The first-order valence-corrected chi connectivity index (χ1v) is 7.43. The molecular weight excluding hydrogens is 264 g/mol. The zero-order chi connectivity index (χ0) is 14.9. The number of rotatable bonds is 5. The van der Waals surface area contributed by atoms with Gasteiger partial charge in [-0.25, -0.2) is 0 Å². The zero-order valence-electron chi connectivity index (χ0n) is 12.5. The van der Waals surface area contributed by atoms with E-state index < -0.39 is 5.41 Å². The summed E-state index contributed by atoms with van der Waals surface area (Å²) in [6.45, 7) is 2.65. The number of Topliss-reactive ketones (excluding diaryl/α,β-unsaturated/α-hetero) is 1. The van der Waals surface area contributed by atoms with Crippen molar-refractivity contribution in [3.63, 3.8) is 0 Å². The Morgan fingerprint density at radius 2 is 2.05 bits per heavy atom. The van der Waals surface area contributed by atoms with Gasteiger partial charge in [0.1, 0.15) is 5.69 Å². The highest BCUT2D eigenvalue weighted by atomic mass is 16.5. The van der Waals surface area contributed by atoms with Crippen molar-refractivity contribution >= 4 is 5.78 Å². The molecule has 1 aromatic carbocycles. The number of ether oxygens (including phenoxy) is 1. The van der Waals surface area contributed by atoms with Gasteiger partial charge in [0.25, 0.3) is 0 Å². The van der Waals surface area contributed by atoms with E-state index in [4.69, 9.17) is 4.74 Å². The Hall–Kier alpha value is -2.10. The van der Waals surface area contributed by atoms with Crippen molar-refractivity contribution in [3.8, 4) is 5.75 Å². The van der Waals surface area contributed by atoms with Gasteiger partial charge in [-0.15, -0.1) is 0 Å². The Balaban J connectivity index is 2.07. The van der Waals surface area contributed by atoms with E-state index in [1.807, 2.05) is 25.1 Å². The van der Waals surface area contributed by atoms with Gasteiger partial charge < -0.3 is 4.74 Å². The molecule has 1 aliphatic carbocycles. The summed E-state index contributed by atoms with van der Waals surface area (Å²) in [5.41, 5.74) is 1.30. The minimum Gasteiger partial charge on any atom is -0.493 e. The maximum absolute atomic E-state index is 13.2. The smallest absolute Gasteiger partial charge is 0.195 e. The third kappa shape index (κ3) is 2.06. The van der Waals surface area contributed by atoms with E-state index in [9.17, 15) is 4.79 Å². The fourth-order valence-electron chi connectivity index (χ4n) is 3.15. The lowest BCUT2D eigenvalue weighted by atomic mass is 9.61. The lowest BCUT2D eigenvalue weighted by Crippen LogP contribution is -2.43. The third-order valence-corrected chi connectivity index (χ3v) is 4.51. The van der Waals surface area contributed by atoms with E-state index in [2.05, 4.69) is 17.2 Å². The number of aryl methyl sites for hydroxylation is 1. The molecular formula is C17H20N2O2. The maximum atomic E-state index is 13.2. The molecule has 1 aliphatic rings. The minimum atomic E-state index is -0.401. The molecule has 110 valence electrons. The second-order valence-corrected chi connectivity index (χ2v) is 5.51. The Morgan fingerprint density at radius 1 is 1.33 bits per heavy atom. The van der Waals surface area contributed by atoms with Crippen LogP contribution in [0.4, 0.5) is 0 Å². The van der Waals surface area contributed by atoms with Crippen LogP contribution in [0.3, 0.4) is 0 Å². The first-order chi connectivity index (χ1) is 10.2. The maximum Gasteiger partial charge on any atom is 0.195 e. The Morgan fingerprint density at radius 3 is 2.57 bits per heavy atom. The first kappa shape index (κ1) is 13.9. The SMILES string of the molecule is CCn1ncc(OC)c1C(=O)C1(c2ccccc2)CCC1. The highest BCUT2D eigenvalue weighted by Crippen LogP contribution is 2.47. The van der Waals surface area contributed by atoms with Crippen LogP contribution in [-0.4, -0.2) is 22.7 Å². The van der Waals surface area contributed by atoms with E-state index >= 15 is 0 Å². The predicted molar refractivity (Wildman–Crippen MR) is 80.8 cm³/mol. The zero-order valence-corrected chi connectivity index (χ0v) is 12.5. The third-order valence-electron chi connectivity index (χ3n) is 4.51. The van der Waals surface area contributed by atoms with E-state index in [1.54, 1.807) is 18.0 Å². The Bertz CT molecular complexity index is 621. The summed E-state index contributed by atoms with van der Waals surface area (Å²) in [6.07, 6.45) is 4.51.